The van der Waals surface area contributed by atoms with Crippen LogP contribution in [0.1, 0.15) is 50.4 Å². The number of likely N-dealkylation sites (N-methyl/N-ethyl adjacent to an activating group) is 1. The van der Waals surface area contributed by atoms with Crippen molar-refractivity contribution in [3.63, 3.8) is 0 Å². The van der Waals surface area contributed by atoms with Gasteiger partial charge in [0.2, 0.25) is 0 Å². The molecule has 4 nitrogen and oxygen atoms in total. The molecule has 2 aliphatic rings. The molecule has 0 aliphatic carbocycles. The molecule has 116 valence electrons. The molecule has 2 bridgehead atoms. The molecule has 21 heavy (non-hydrogen) atoms. The molecule has 0 N–H and O–H groups in total. The van der Waals surface area contributed by atoms with Crippen molar-refractivity contribution in [3.05, 3.63) is 16.5 Å². The number of fused-ring (bicyclic) bond motifs is 2. The highest BCUT2D eigenvalue weighted by Crippen LogP contribution is 2.32. The van der Waals surface area contributed by atoms with Crippen LogP contribution in [0.25, 0.3) is 0 Å². The standard InChI is InChI=1S/C16H25ClN4/c1-10(2)15-18-14(17)11(3)16(19-15)21-8-7-12-5-6-13(9-21)20(12)4/h10,12-13H,5-9H2,1-4H3. The molecule has 2 saturated heterocycles. The van der Waals surface area contributed by atoms with Crippen LogP contribution in [0.2, 0.25) is 5.15 Å². The molecular formula is C16H25ClN4. The van der Waals surface area contributed by atoms with Gasteiger partial charge in [-0.3, -0.25) is 4.90 Å². The SMILES string of the molecule is Cc1c(Cl)nc(C(C)C)nc1N1CCC2CCC(C1)N2C. The molecule has 0 aromatic carbocycles. The van der Waals surface area contributed by atoms with Gasteiger partial charge in [0.05, 0.1) is 0 Å². The molecule has 2 unspecified atom stereocenters. The molecular weight excluding hydrogens is 284 g/mol. The zero-order valence-corrected chi connectivity index (χ0v) is 14.2. The van der Waals surface area contributed by atoms with Gasteiger partial charge in [0, 0.05) is 36.7 Å². The van der Waals surface area contributed by atoms with Crippen molar-refractivity contribution < 1.29 is 0 Å². The Morgan fingerprint density at radius 2 is 1.86 bits per heavy atom. The summed E-state index contributed by atoms with van der Waals surface area (Å²) >= 11 is 6.34. The van der Waals surface area contributed by atoms with Gasteiger partial charge >= 0.3 is 0 Å². The Hall–Kier alpha value is -0.870. The van der Waals surface area contributed by atoms with Crippen LogP contribution >= 0.6 is 11.6 Å². The number of rotatable bonds is 2. The molecule has 2 aliphatic heterocycles. The monoisotopic (exact) mass is 308 g/mol. The smallest absolute Gasteiger partial charge is 0.137 e. The van der Waals surface area contributed by atoms with Gasteiger partial charge < -0.3 is 4.90 Å². The highest BCUT2D eigenvalue weighted by Gasteiger charge is 2.35. The molecule has 0 saturated carbocycles. The minimum atomic E-state index is 0.299. The minimum absolute atomic E-state index is 0.299. The summed E-state index contributed by atoms with van der Waals surface area (Å²) in [5.74, 6) is 2.19. The number of aromatic nitrogens is 2. The normalized spacial score (nSPS) is 26.5. The summed E-state index contributed by atoms with van der Waals surface area (Å²) < 4.78 is 0. The maximum Gasteiger partial charge on any atom is 0.137 e. The Balaban J connectivity index is 1.93. The summed E-state index contributed by atoms with van der Waals surface area (Å²) in [6, 6.07) is 1.38. The average Bonchev–Trinajstić information content (AvgIpc) is 2.67. The lowest BCUT2D eigenvalue weighted by molar-refractivity contribution is 0.254. The molecule has 0 amide bonds. The molecule has 1 aromatic heterocycles. The van der Waals surface area contributed by atoms with Crippen LogP contribution in [0.5, 0.6) is 0 Å². The first-order valence-corrected chi connectivity index (χ1v) is 8.36. The number of hydrogen-bond donors (Lipinski definition) is 0. The summed E-state index contributed by atoms with van der Waals surface area (Å²) in [6.45, 7) is 8.39. The Labute approximate surface area is 132 Å². The van der Waals surface area contributed by atoms with Crippen molar-refractivity contribution in [1.82, 2.24) is 14.9 Å². The minimum Gasteiger partial charge on any atom is -0.355 e. The lowest BCUT2D eigenvalue weighted by atomic mass is 10.1. The first kappa shape index (κ1) is 15.0. The maximum atomic E-state index is 6.34. The van der Waals surface area contributed by atoms with Crippen LogP contribution in [0.4, 0.5) is 5.82 Å². The summed E-state index contributed by atoms with van der Waals surface area (Å²) in [6.07, 6.45) is 3.85. The molecule has 1 aromatic rings. The van der Waals surface area contributed by atoms with E-state index in [0.717, 1.165) is 36.3 Å². The van der Waals surface area contributed by atoms with E-state index in [-0.39, 0.29) is 0 Å². The van der Waals surface area contributed by atoms with Crippen LogP contribution in [0.3, 0.4) is 0 Å². The highest BCUT2D eigenvalue weighted by molar-refractivity contribution is 6.30. The Morgan fingerprint density at radius 1 is 1.14 bits per heavy atom. The quantitative estimate of drug-likeness (QED) is 0.785. The van der Waals surface area contributed by atoms with Crippen molar-refractivity contribution in [2.75, 3.05) is 25.0 Å². The van der Waals surface area contributed by atoms with E-state index in [4.69, 9.17) is 16.6 Å². The summed E-state index contributed by atoms with van der Waals surface area (Å²) in [5, 5.41) is 0.603. The first-order chi connectivity index (χ1) is 9.97. The van der Waals surface area contributed by atoms with Gasteiger partial charge in [0.1, 0.15) is 16.8 Å². The molecule has 0 spiro atoms. The van der Waals surface area contributed by atoms with E-state index < -0.39 is 0 Å². The molecule has 2 atom stereocenters. The Bertz CT molecular complexity index is 531. The molecule has 3 heterocycles. The maximum absolute atomic E-state index is 6.34. The topological polar surface area (TPSA) is 32.3 Å². The van der Waals surface area contributed by atoms with E-state index in [1.54, 1.807) is 0 Å². The van der Waals surface area contributed by atoms with Gasteiger partial charge in [-0.15, -0.1) is 0 Å². The van der Waals surface area contributed by atoms with Crippen LogP contribution in [0, 0.1) is 6.92 Å². The van der Waals surface area contributed by atoms with Gasteiger partial charge in [0.25, 0.3) is 0 Å². The van der Waals surface area contributed by atoms with Crippen molar-refractivity contribution in [1.29, 1.82) is 0 Å². The second kappa shape index (κ2) is 5.73. The second-order valence-corrected chi connectivity index (χ2v) is 7.12. The fourth-order valence-corrected chi connectivity index (χ4v) is 3.73. The average molecular weight is 309 g/mol. The van der Waals surface area contributed by atoms with Gasteiger partial charge in [-0.2, -0.15) is 0 Å². The molecule has 3 rings (SSSR count). The summed E-state index contributed by atoms with van der Waals surface area (Å²) in [4.78, 5) is 14.2. The molecule has 0 radical (unpaired) electrons. The van der Waals surface area contributed by atoms with Crippen LogP contribution in [-0.4, -0.2) is 47.1 Å². The number of anilines is 1. The largest absolute Gasteiger partial charge is 0.355 e. The second-order valence-electron chi connectivity index (χ2n) is 6.76. The first-order valence-electron chi connectivity index (χ1n) is 7.98. The number of nitrogens with zero attached hydrogens (tertiary/aromatic N) is 4. The fourth-order valence-electron chi connectivity index (χ4n) is 3.56. The van der Waals surface area contributed by atoms with Gasteiger partial charge in [-0.25, -0.2) is 9.97 Å². The van der Waals surface area contributed by atoms with Gasteiger partial charge in [-0.1, -0.05) is 25.4 Å². The lowest BCUT2D eigenvalue weighted by Gasteiger charge is -2.28. The third-order valence-electron chi connectivity index (χ3n) is 5.04. The van der Waals surface area contributed by atoms with Crippen molar-refractivity contribution in [3.8, 4) is 0 Å². The number of halogens is 1. The van der Waals surface area contributed by atoms with Crippen molar-refractivity contribution in [2.45, 2.75) is 58.0 Å². The Kier molecular flexibility index (Phi) is 4.10. The fraction of sp³-hybridized carbons (Fsp3) is 0.750. The Morgan fingerprint density at radius 3 is 2.57 bits per heavy atom. The van der Waals surface area contributed by atoms with Crippen molar-refractivity contribution >= 4 is 17.4 Å². The van der Waals surface area contributed by atoms with E-state index >= 15 is 0 Å². The van der Waals surface area contributed by atoms with Crippen molar-refractivity contribution in [2.24, 2.45) is 0 Å². The van der Waals surface area contributed by atoms with E-state index in [0.29, 0.717) is 17.1 Å². The van der Waals surface area contributed by atoms with Crippen LogP contribution in [-0.2, 0) is 0 Å². The zero-order valence-electron chi connectivity index (χ0n) is 13.4. The van der Waals surface area contributed by atoms with E-state index in [1.165, 1.54) is 19.3 Å². The van der Waals surface area contributed by atoms with E-state index in [9.17, 15) is 0 Å². The third-order valence-corrected chi connectivity index (χ3v) is 5.41. The predicted molar refractivity (Wildman–Crippen MR) is 87.3 cm³/mol. The lowest BCUT2D eigenvalue weighted by Crippen LogP contribution is -2.37. The van der Waals surface area contributed by atoms with Gasteiger partial charge in [0.15, 0.2) is 0 Å². The van der Waals surface area contributed by atoms with Crippen LogP contribution in [0.15, 0.2) is 0 Å². The van der Waals surface area contributed by atoms with Gasteiger partial charge in [-0.05, 0) is 33.2 Å². The zero-order chi connectivity index (χ0) is 15.1. The highest BCUT2D eigenvalue weighted by atomic mass is 35.5. The third kappa shape index (κ3) is 2.76. The molecule has 5 heteroatoms. The summed E-state index contributed by atoms with van der Waals surface area (Å²) in [7, 11) is 2.27. The molecule has 2 fully saturated rings. The van der Waals surface area contributed by atoms with Crippen LogP contribution < -0.4 is 4.90 Å². The predicted octanol–water partition coefficient (Wildman–Crippen LogP) is 3.23. The van der Waals surface area contributed by atoms with E-state index in [1.807, 2.05) is 6.92 Å². The number of hydrogen-bond acceptors (Lipinski definition) is 4. The van der Waals surface area contributed by atoms with E-state index in [2.05, 4.69) is 35.7 Å². The summed E-state index contributed by atoms with van der Waals surface area (Å²) in [5.41, 5.74) is 1.02.